The van der Waals surface area contributed by atoms with Gasteiger partial charge >= 0.3 is 12.1 Å². The number of amides is 1. The summed E-state index contributed by atoms with van der Waals surface area (Å²) in [5, 5.41) is 2.83. The van der Waals surface area contributed by atoms with Gasteiger partial charge in [-0.2, -0.15) is 0 Å². The molecular weight excluding hydrogens is 370 g/mol. The van der Waals surface area contributed by atoms with Crippen LogP contribution in [0.25, 0.3) is 0 Å². The molecule has 0 saturated heterocycles. The van der Waals surface area contributed by atoms with Crippen molar-refractivity contribution in [1.29, 1.82) is 0 Å². The Morgan fingerprint density at radius 3 is 2.41 bits per heavy atom. The first kappa shape index (κ1) is 20.5. The van der Waals surface area contributed by atoms with Gasteiger partial charge in [0.1, 0.15) is 5.60 Å². The Morgan fingerprint density at radius 2 is 1.74 bits per heavy atom. The Morgan fingerprint density at radius 1 is 1.04 bits per heavy atom. The van der Waals surface area contributed by atoms with Crippen molar-refractivity contribution in [3.05, 3.63) is 64.7 Å². The molecule has 0 bridgehead atoms. The van der Waals surface area contributed by atoms with Crippen LogP contribution in [0.1, 0.15) is 41.5 Å². The van der Waals surface area contributed by atoms with Gasteiger partial charge in [0.15, 0.2) is 6.61 Å². The number of anilines is 1. The van der Waals surface area contributed by atoms with Crippen LogP contribution in [0.2, 0.25) is 5.02 Å². The Balaban J connectivity index is 1.98. The van der Waals surface area contributed by atoms with E-state index in [0.717, 1.165) is 0 Å². The van der Waals surface area contributed by atoms with Crippen molar-refractivity contribution in [1.82, 2.24) is 0 Å². The van der Waals surface area contributed by atoms with E-state index in [1.165, 1.54) is 12.1 Å². The lowest BCUT2D eigenvalue weighted by molar-refractivity contribution is 0.0474. The highest BCUT2D eigenvalue weighted by Crippen LogP contribution is 2.17. The maximum absolute atomic E-state index is 12.2. The first-order chi connectivity index (χ1) is 12.7. The summed E-state index contributed by atoms with van der Waals surface area (Å²) in [6.45, 7) is 4.80. The van der Waals surface area contributed by atoms with Crippen molar-refractivity contribution in [2.45, 2.75) is 26.4 Å². The molecule has 2 aromatic rings. The number of carbonyl (C=O) groups is 3. The molecule has 0 aromatic heterocycles. The zero-order valence-corrected chi connectivity index (χ0v) is 16.0. The fourth-order valence-electron chi connectivity index (χ4n) is 2.12. The van der Waals surface area contributed by atoms with Crippen LogP contribution >= 0.6 is 11.6 Å². The van der Waals surface area contributed by atoms with Crippen molar-refractivity contribution in [3.63, 3.8) is 0 Å². The van der Waals surface area contributed by atoms with Gasteiger partial charge in [-0.15, -0.1) is 0 Å². The number of hydrogen-bond donors (Lipinski definition) is 1. The number of esters is 1. The van der Waals surface area contributed by atoms with Gasteiger partial charge in [-0.25, -0.2) is 9.59 Å². The quantitative estimate of drug-likeness (QED) is 0.590. The van der Waals surface area contributed by atoms with E-state index in [1.807, 2.05) is 0 Å². The molecule has 0 spiro atoms. The molecule has 0 aliphatic heterocycles. The smallest absolute Gasteiger partial charge is 0.412 e. The number of carbonyl (C=O) groups excluding carboxylic acids is 3. The third-order valence-corrected chi connectivity index (χ3v) is 3.58. The molecule has 0 unspecified atom stereocenters. The number of halogens is 1. The first-order valence-corrected chi connectivity index (χ1v) is 8.58. The molecule has 1 N–H and O–H groups in total. The highest BCUT2D eigenvalue weighted by atomic mass is 35.5. The minimum Gasteiger partial charge on any atom is -0.454 e. The second-order valence-electron chi connectivity index (χ2n) is 6.69. The van der Waals surface area contributed by atoms with Crippen molar-refractivity contribution >= 4 is 35.1 Å². The summed E-state index contributed by atoms with van der Waals surface area (Å²) < 4.78 is 10.2. The highest BCUT2D eigenvalue weighted by molar-refractivity contribution is 6.34. The zero-order chi connectivity index (χ0) is 20.0. The molecule has 27 heavy (non-hydrogen) atoms. The molecule has 0 aliphatic carbocycles. The molecule has 6 nitrogen and oxygen atoms in total. The normalized spacial score (nSPS) is 10.8. The summed E-state index contributed by atoms with van der Waals surface area (Å²) in [7, 11) is 0. The molecule has 0 fully saturated rings. The lowest BCUT2D eigenvalue weighted by atomic mass is 10.1. The highest BCUT2D eigenvalue weighted by Gasteiger charge is 2.17. The Bertz CT molecular complexity index is 857. The summed E-state index contributed by atoms with van der Waals surface area (Å²) in [4.78, 5) is 36.1. The standard InChI is InChI=1S/C20H20ClNO5/c1-20(2,3)27-19(25)22-14-8-6-7-13(11-14)18(24)26-12-17(23)15-9-4-5-10-16(15)21/h4-11H,12H2,1-3H3,(H,22,25). The molecular formula is C20H20ClNO5. The van der Waals surface area contributed by atoms with Crippen LogP contribution in [0.3, 0.4) is 0 Å². The molecule has 0 radical (unpaired) electrons. The van der Waals surface area contributed by atoms with Crippen LogP contribution in [0.5, 0.6) is 0 Å². The number of nitrogens with one attached hydrogen (secondary N) is 1. The van der Waals surface area contributed by atoms with Crippen molar-refractivity contribution in [2.75, 3.05) is 11.9 Å². The molecule has 2 aromatic carbocycles. The maximum atomic E-state index is 12.2. The predicted molar refractivity (Wildman–Crippen MR) is 102 cm³/mol. The zero-order valence-electron chi connectivity index (χ0n) is 15.2. The average molecular weight is 390 g/mol. The third kappa shape index (κ3) is 6.42. The largest absolute Gasteiger partial charge is 0.454 e. The minimum absolute atomic E-state index is 0.190. The van der Waals surface area contributed by atoms with E-state index >= 15 is 0 Å². The topological polar surface area (TPSA) is 81.7 Å². The van der Waals surface area contributed by atoms with E-state index in [2.05, 4.69) is 5.32 Å². The van der Waals surface area contributed by atoms with Gasteiger partial charge in [0.2, 0.25) is 5.78 Å². The van der Waals surface area contributed by atoms with Crippen molar-refractivity contribution < 1.29 is 23.9 Å². The van der Waals surface area contributed by atoms with E-state index in [9.17, 15) is 14.4 Å². The summed E-state index contributed by atoms with van der Waals surface area (Å²) >= 11 is 5.95. The Labute approximate surface area is 162 Å². The minimum atomic E-state index is -0.691. The van der Waals surface area contributed by atoms with E-state index in [1.54, 1.807) is 57.2 Å². The van der Waals surface area contributed by atoms with Crippen LogP contribution in [0.4, 0.5) is 10.5 Å². The second kappa shape index (κ2) is 8.68. The van der Waals surface area contributed by atoms with Crippen LogP contribution in [0.15, 0.2) is 48.5 Å². The molecule has 142 valence electrons. The average Bonchev–Trinajstić information content (AvgIpc) is 2.58. The molecule has 1 amide bonds. The fraction of sp³-hybridized carbons (Fsp3) is 0.250. The van der Waals surface area contributed by atoms with Crippen LogP contribution in [0, 0.1) is 0 Å². The van der Waals surface area contributed by atoms with Gasteiger partial charge in [-0.1, -0.05) is 29.8 Å². The summed E-state index contributed by atoms with van der Waals surface area (Å²) in [6.07, 6.45) is -0.637. The van der Waals surface area contributed by atoms with E-state index in [4.69, 9.17) is 21.1 Å². The third-order valence-electron chi connectivity index (χ3n) is 3.25. The van der Waals surface area contributed by atoms with Crippen molar-refractivity contribution in [3.8, 4) is 0 Å². The van der Waals surface area contributed by atoms with Gasteiger partial charge in [0.05, 0.1) is 10.6 Å². The lowest BCUT2D eigenvalue weighted by Gasteiger charge is -2.19. The fourth-order valence-corrected chi connectivity index (χ4v) is 2.37. The monoisotopic (exact) mass is 389 g/mol. The van der Waals surface area contributed by atoms with E-state index in [0.29, 0.717) is 10.7 Å². The molecule has 0 atom stereocenters. The summed E-state index contributed by atoms with van der Waals surface area (Å²) in [6, 6.07) is 12.7. The van der Waals surface area contributed by atoms with E-state index < -0.39 is 30.1 Å². The molecule has 0 aliphatic rings. The predicted octanol–water partition coefficient (Wildman–Crippen LogP) is 4.73. The molecule has 7 heteroatoms. The Kier molecular flexibility index (Phi) is 6.58. The van der Waals surface area contributed by atoms with Gasteiger partial charge in [0.25, 0.3) is 0 Å². The number of benzene rings is 2. The maximum Gasteiger partial charge on any atom is 0.412 e. The van der Waals surface area contributed by atoms with Gasteiger partial charge in [-0.3, -0.25) is 10.1 Å². The molecule has 2 rings (SSSR count). The lowest BCUT2D eigenvalue weighted by Crippen LogP contribution is -2.27. The second-order valence-corrected chi connectivity index (χ2v) is 7.09. The first-order valence-electron chi connectivity index (χ1n) is 8.20. The van der Waals surface area contributed by atoms with Crippen molar-refractivity contribution in [2.24, 2.45) is 0 Å². The number of rotatable bonds is 5. The van der Waals surface area contributed by atoms with Crippen LogP contribution in [-0.4, -0.2) is 30.1 Å². The number of ketones is 1. The number of Topliss-reactive ketones (excluding diaryl/α,β-unsaturated/α-hetero) is 1. The number of ether oxygens (including phenoxy) is 2. The van der Waals surface area contributed by atoms with Gasteiger partial charge in [-0.05, 0) is 51.1 Å². The van der Waals surface area contributed by atoms with Crippen LogP contribution < -0.4 is 5.32 Å². The molecule has 0 heterocycles. The SMILES string of the molecule is CC(C)(C)OC(=O)Nc1cccc(C(=O)OCC(=O)c2ccccc2Cl)c1. The number of hydrogen-bond acceptors (Lipinski definition) is 5. The van der Waals surface area contributed by atoms with Gasteiger partial charge in [0, 0.05) is 11.3 Å². The van der Waals surface area contributed by atoms with Gasteiger partial charge < -0.3 is 9.47 Å². The van der Waals surface area contributed by atoms with E-state index in [-0.39, 0.29) is 11.1 Å². The Hall–Kier alpha value is -2.86. The summed E-state index contributed by atoms with van der Waals surface area (Å²) in [5.41, 5.74) is 0.207. The summed E-state index contributed by atoms with van der Waals surface area (Å²) in [5.74, 6) is -1.10. The van der Waals surface area contributed by atoms with Crippen LogP contribution in [-0.2, 0) is 9.47 Å². The molecule has 0 saturated carbocycles.